The van der Waals surface area contributed by atoms with Gasteiger partial charge in [0.05, 0.1) is 25.7 Å². The van der Waals surface area contributed by atoms with Crippen LogP contribution in [0.1, 0.15) is 12.6 Å². The number of imidazole rings is 1. The van der Waals surface area contributed by atoms with E-state index in [2.05, 4.69) is 15.0 Å². The summed E-state index contributed by atoms with van der Waals surface area (Å²) in [4.78, 5) is 4.07. The molecule has 5 nitrogen and oxygen atoms in total. The number of anilines is 1. The lowest BCUT2D eigenvalue weighted by Gasteiger charge is -2.13. The molecular formula is C14H17F2N3O2. The van der Waals surface area contributed by atoms with Gasteiger partial charge in [-0.25, -0.2) is 4.98 Å². The van der Waals surface area contributed by atoms with Crippen molar-refractivity contribution >= 4 is 5.69 Å². The number of ether oxygens (including phenoxy) is 2. The first-order valence-electron chi connectivity index (χ1n) is 6.49. The quantitative estimate of drug-likeness (QED) is 0.853. The van der Waals surface area contributed by atoms with E-state index in [4.69, 9.17) is 4.74 Å². The Bertz CT molecular complexity index is 587. The molecule has 21 heavy (non-hydrogen) atoms. The number of benzene rings is 1. The van der Waals surface area contributed by atoms with Crippen molar-refractivity contribution in [3.63, 3.8) is 0 Å². The lowest BCUT2D eigenvalue weighted by atomic mass is 10.2. The highest BCUT2D eigenvalue weighted by atomic mass is 19.3. The van der Waals surface area contributed by atoms with Crippen LogP contribution in [0.2, 0.25) is 0 Å². The van der Waals surface area contributed by atoms with Crippen molar-refractivity contribution in [1.29, 1.82) is 0 Å². The Morgan fingerprint density at radius 1 is 1.33 bits per heavy atom. The fraction of sp³-hybridized carbons (Fsp3) is 0.357. The number of aryl methyl sites for hydroxylation is 1. The Balaban J connectivity index is 2.09. The molecule has 0 aliphatic rings. The van der Waals surface area contributed by atoms with E-state index < -0.39 is 6.61 Å². The molecule has 114 valence electrons. The van der Waals surface area contributed by atoms with E-state index in [1.165, 1.54) is 13.2 Å². The molecule has 0 radical (unpaired) electrons. The summed E-state index contributed by atoms with van der Waals surface area (Å²) in [5.74, 6) is 0.265. The van der Waals surface area contributed by atoms with Crippen LogP contribution in [-0.2, 0) is 13.1 Å². The average molecular weight is 297 g/mol. The molecule has 1 N–H and O–H groups in total. The van der Waals surface area contributed by atoms with Crippen LogP contribution in [-0.4, -0.2) is 23.3 Å². The molecule has 0 bridgehead atoms. The summed E-state index contributed by atoms with van der Waals surface area (Å²) >= 11 is 0. The van der Waals surface area contributed by atoms with Crippen molar-refractivity contribution in [2.45, 2.75) is 26.6 Å². The zero-order chi connectivity index (χ0) is 15.2. The van der Waals surface area contributed by atoms with E-state index in [0.29, 0.717) is 12.2 Å². The van der Waals surface area contributed by atoms with Crippen LogP contribution in [0.5, 0.6) is 11.5 Å². The van der Waals surface area contributed by atoms with Gasteiger partial charge in [0.15, 0.2) is 11.5 Å². The summed E-state index contributed by atoms with van der Waals surface area (Å²) in [5.41, 5.74) is 1.67. The molecule has 0 atom stereocenters. The van der Waals surface area contributed by atoms with E-state index in [-0.39, 0.29) is 11.5 Å². The fourth-order valence-electron chi connectivity index (χ4n) is 1.95. The Hall–Kier alpha value is -2.31. The highest BCUT2D eigenvalue weighted by Gasteiger charge is 2.11. The number of methoxy groups -OCH3 is 1. The van der Waals surface area contributed by atoms with E-state index in [9.17, 15) is 8.78 Å². The van der Waals surface area contributed by atoms with Gasteiger partial charge >= 0.3 is 6.61 Å². The summed E-state index contributed by atoms with van der Waals surface area (Å²) in [6, 6.07) is 4.80. The number of nitrogens with zero attached hydrogens (tertiary/aromatic N) is 2. The molecule has 1 aromatic carbocycles. The molecule has 0 saturated carbocycles. The molecule has 0 aliphatic carbocycles. The number of nitrogens with one attached hydrogen (secondary N) is 1. The molecule has 1 aromatic heterocycles. The number of halogens is 2. The number of rotatable bonds is 7. The van der Waals surface area contributed by atoms with Gasteiger partial charge in [-0.2, -0.15) is 8.78 Å². The lowest BCUT2D eigenvalue weighted by molar-refractivity contribution is -0.0511. The van der Waals surface area contributed by atoms with Crippen molar-refractivity contribution in [2.24, 2.45) is 0 Å². The molecule has 1 heterocycles. The van der Waals surface area contributed by atoms with E-state index in [0.717, 1.165) is 12.2 Å². The topological polar surface area (TPSA) is 48.3 Å². The molecule has 0 unspecified atom stereocenters. The Morgan fingerprint density at radius 3 is 2.81 bits per heavy atom. The number of hydrogen-bond donors (Lipinski definition) is 1. The second-order valence-corrected chi connectivity index (χ2v) is 4.27. The summed E-state index contributed by atoms with van der Waals surface area (Å²) in [6.45, 7) is 0.483. The first kappa shape index (κ1) is 15.1. The first-order valence-corrected chi connectivity index (χ1v) is 6.49. The molecule has 0 saturated heterocycles. The molecule has 2 aromatic rings. The zero-order valence-electron chi connectivity index (χ0n) is 11.8. The minimum atomic E-state index is -2.89. The predicted molar refractivity (Wildman–Crippen MR) is 74.9 cm³/mol. The second-order valence-electron chi connectivity index (χ2n) is 4.27. The highest BCUT2D eigenvalue weighted by molar-refractivity contribution is 5.54. The van der Waals surface area contributed by atoms with Crippen molar-refractivity contribution in [1.82, 2.24) is 9.55 Å². The highest BCUT2D eigenvalue weighted by Crippen LogP contribution is 2.31. The van der Waals surface area contributed by atoms with Crippen LogP contribution in [0, 0.1) is 0 Å². The number of aromatic nitrogens is 2. The van der Waals surface area contributed by atoms with Crippen LogP contribution in [0.3, 0.4) is 0 Å². The normalized spacial score (nSPS) is 10.7. The third kappa shape index (κ3) is 3.84. The average Bonchev–Trinajstić information content (AvgIpc) is 2.92. The maximum absolute atomic E-state index is 12.4. The summed E-state index contributed by atoms with van der Waals surface area (Å²) in [6.07, 6.45) is 3.51. The Morgan fingerprint density at radius 2 is 2.14 bits per heavy atom. The SMILES string of the molecule is CCn1cncc1CNc1ccc(OC)c(OC(F)F)c1. The van der Waals surface area contributed by atoms with E-state index in [1.54, 1.807) is 24.7 Å². The predicted octanol–water partition coefficient (Wildman–Crippen LogP) is 3.13. The molecule has 0 fully saturated rings. The molecule has 0 aliphatic heterocycles. The number of hydrogen-bond acceptors (Lipinski definition) is 4. The van der Waals surface area contributed by atoms with Gasteiger partial charge in [-0.3, -0.25) is 0 Å². The molecule has 7 heteroatoms. The van der Waals surface area contributed by atoms with Crippen LogP contribution < -0.4 is 14.8 Å². The van der Waals surface area contributed by atoms with Crippen LogP contribution in [0.4, 0.5) is 14.5 Å². The summed E-state index contributed by atoms with van der Waals surface area (Å²) in [7, 11) is 1.40. The first-order chi connectivity index (χ1) is 10.1. The second kappa shape index (κ2) is 6.92. The van der Waals surface area contributed by atoms with Crippen LogP contribution >= 0.6 is 0 Å². The van der Waals surface area contributed by atoms with Gasteiger partial charge in [-0.15, -0.1) is 0 Å². The minimum absolute atomic E-state index is 0.00139. The lowest BCUT2D eigenvalue weighted by Crippen LogP contribution is -2.07. The monoisotopic (exact) mass is 297 g/mol. The molecule has 2 rings (SSSR count). The van der Waals surface area contributed by atoms with Gasteiger partial charge in [0.2, 0.25) is 0 Å². The number of alkyl halides is 2. The molecule has 0 spiro atoms. The molecular weight excluding hydrogens is 280 g/mol. The summed E-state index contributed by atoms with van der Waals surface area (Å²) < 4.78 is 36.2. The van der Waals surface area contributed by atoms with Gasteiger partial charge in [-0.05, 0) is 19.1 Å². The molecule has 0 amide bonds. The Kier molecular flexibility index (Phi) is 4.97. The largest absolute Gasteiger partial charge is 0.493 e. The minimum Gasteiger partial charge on any atom is -0.493 e. The third-order valence-electron chi connectivity index (χ3n) is 2.99. The van der Waals surface area contributed by atoms with E-state index in [1.807, 2.05) is 11.5 Å². The van der Waals surface area contributed by atoms with Gasteiger partial charge in [0.25, 0.3) is 0 Å². The standard InChI is InChI=1S/C14H17F2N3O2/c1-3-19-9-17-7-11(19)8-18-10-4-5-12(20-2)13(6-10)21-14(15)16/h4-7,9,14,18H,3,8H2,1-2H3. The van der Waals surface area contributed by atoms with Crippen molar-refractivity contribution in [3.8, 4) is 11.5 Å². The van der Waals surface area contributed by atoms with Gasteiger partial charge < -0.3 is 19.4 Å². The van der Waals surface area contributed by atoms with Gasteiger partial charge in [0.1, 0.15) is 0 Å². The Labute approximate surface area is 121 Å². The smallest absolute Gasteiger partial charge is 0.387 e. The van der Waals surface area contributed by atoms with Crippen LogP contribution in [0.25, 0.3) is 0 Å². The summed E-state index contributed by atoms with van der Waals surface area (Å²) in [5, 5.41) is 3.15. The zero-order valence-corrected chi connectivity index (χ0v) is 11.8. The maximum atomic E-state index is 12.4. The van der Waals surface area contributed by atoms with Crippen LogP contribution in [0.15, 0.2) is 30.7 Å². The van der Waals surface area contributed by atoms with Crippen molar-refractivity contribution < 1.29 is 18.3 Å². The fourth-order valence-corrected chi connectivity index (χ4v) is 1.95. The third-order valence-corrected chi connectivity index (χ3v) is 2.99. The van der Waals surface area contributed by atoms with Crippen molar-refractivity contribution in [3.05, 3.63) is 36.4 Å². The van der Waals surface area contributed by atoms with Gasteiger partial charge in [0, 0.05) is 24.5 Å². The van der Waals surface area contributed by atoms with Crippen molar-refractivity contribution in [2.75, 3.05) is 12.4 Å². The maximum Gasteiger partial charge on any atom is 0.387 e. The van der Waals surface area contributed by atoms with Gasteiger partial charge in [-0.1, -0.05) is 0 Å². The van der Waals surface area contributed by atoms with E-state index >= 15 is 0 Å².